The summed E-state index contributed by atoms with van der Waals surface area (Å²) in [6.45, 7) is 0. The Morgan fingerprint density at radius 2 is 1.48 bits per heavy atom. The first kappa shape index (κ1) is 17.7. The molecule has 9 nitrogen and oxygen atoms in total. The van der Waals surface area contributed by atoms with Crippen molar-refractivity contribution < 1.29 is 34.7 Å². The molecule has 0 aliphatic rings. The fourth-order valence-electron chi connectivity index (χ4n) is 1.95. The van der Waals surface area contributed by atoms with Gasteiger partial charge in [0.1, 0.15) is 0 Å². The fourth-order valence-corrected chi connectivity index (χ4v) is 1.95. The van der Waals surface area contributed by atoms with Crippen molar-refractivity contribution in [2.24, 2.45) is 5.10 Å². The van der Waals surface area contributed by atoms with E-state index in [1.807, 2.05) is 0 Å². The molecule has 0 aromatic heterocycles. The Bertz CT molecular complexity index is 785. The molecule has 0 saturated heterocycles. The standard InChI is InChI=1S/C16H16N2O7/c1-24-12-3-8(4-13(25-2)15(12)22)7-17-18-16(23)9-5-10(19)14(21)11(20)6-9/h3-7,19-22H,1-2H3,(H,18,23). The van der Waals surface area contributed by atoms with Gasteiger partial charge in [-0.15, -0.1) is 0 Å². The van der Waals surface area contributed by atoms with Crippen molar-refractivity contribution in [2.45, 2.75) is 0 Å². The van der Waals surface area contributed by atoms with Crippen LogP contribution in [0.5, 0.6) is 34.5 Å². The number of nitrogens with zero attached hydrogens (tertiary/aromatic N) is 1. The van der Waals surface area contributed by atoms with E-state index in [1.54, 1.807) is 0 Å². The summed E-state index contributed by atoms with van der Waals surface area (Å²) in [5.41, 5.74) is 2.56. The molecule has 2 aromatic rings. The molecule has 0 bridgehead atoms. The van der Waals surface area contributed by atoms with E-state index >= 15 is 0 Å². The molecule has 5 N–H and O–H groups in total. The number of carbonyl (C=O) groups excluding carboxylic acids is 1. The van der Waals surface area contributed by atoms with E-state index in [0.717, 1.165) is 12.1 Å². The molecule has 0 unspecified atom stereocenters. The summed E-state index contributed by atoms with van der Waals surface area (Å²) in [7, 11) is 2.75. The highest BCUT2D eigenvalue weighted by molar-refractivity contribution is 5.96. The van der Waals surface area contributed by atoms with Gasteiger partial charge in [-0.3, -0.25) is 4.79 Å². The number of hydrazone groups is 1. The number of rotatable bonds is 5. The van der Waals surface area contributed by atoms with Crippen LogP contribution in [0.3, 0.4) is 0 Å². The van der Waals surface area contributed by atoms with Crippen LogP contribution in [-0.2, 0) is 0 Å². The number of hydrogen-bond donors (Lipinski definition) is 5. The molecule has 0 aliphatic heterocycles. The minimum Gasteiger partial charge on any atom is -0.504 e. The van der Waals surface area contributed by atoms with E-state index in [0.29, 0.717) is 5.56 Å². The van der Waals surface area contributed by atoms with Crippen molar-refractivity contribution in [3.63, 3.8) is 0 Å². The Balaban J connectivity index is 2.17. The van der Waals surface area contributed by atoms with Crippen LogP contribution in [0.15, 0.2) is 29.4 Å². The van der Waals surface area contributed by atoms with Crippen molar-refractivity contribution in [1.82, 2.24) is 5.43 Å². The molecule has 0 atom stereocenters. The molecule has 2 rings (SSSR count). The van der Waals surface area contributed by atoms with Gasteiger partial charge in [0.15, 0.2) is 28.7 Å². The quantitative estimate of drug-likeness (QED) is 0.311. The maximum atomic E-state index is 11.9. The SMILES string of the molecule is COc1cc(C=NNC(=O)c2cc(O)c(O)c(O)c2)cc(OC)c1O. The lowest BCUT2D eigenvalue weighted by Crippen LogP contribution is -2.17. The summed E-state index contributed by atoms with van der Waals surface area (Å²) < 4.78 is 10.0. The number of phenols is 4. The monoisotopic (exact) mass is 348 g/mol. The highest BCUT2D eigenvalue weighted by atomic mass is 16.5. The fraction of sp³-hybridized carbons (Fsp3) is 0.125. The molecule has 0 fully saturated rings. The van der Waals surface area contributed by atoms with Crippen molar-refractivity contribution in [2.75, 3.05) is 14.2 Å². The summed E-state index contributed by atoms with van der Waals surface area (Å²) in [6, 6.07) is 4.91. The Labute approximate surface area is 142 Å². The van der Waals surface area contributed by atoms with Crippen LogP contribution >= 0.6 is 0 Å². The zero-order chi connectivity index (χ0) is 18.6. The Kier molecular flexibility index (Phi) is 5.18. The first-order valence-electron chi connectivity index (χ1n) is 6.90. The molecule has 2 aromatic carbocycles. The van der Waals surface area contributed by atoms with Crippen LogP contribution in [0.2, 0.25) is 0 Å². The zero-order valence-electron chi connectivity index (χ0n) is 13.3. The zero-order valence-corrected chi connectivity index (χ0v) is 13.3. The third-order valence-corrected chi connectivity index (χ3v) is 3.21. The maximum Gasteiger partial charge on any atom is 0.271 e. The van der Waals surface area contributed by atoms with E-state index in [9.17, 15) is 25.2 Å². The molecule has 1 amide bonds. The summed E-state index contributed by atoms with van der Waals surface area (Å²) in [5.74, 6) is -2.55. The number of carbonyl (C=O) groups is 1. The molecule has 0 saturated carbocycles. The number of amides is 1. The van der Waals surface area contributed by atoms with Crippen LogP contribution in [0.25, 0.3) is 0 Å². The number of aromatic hydroxyl groups is 4. The van der Waals surface area contributed by atoms with E-state index in [-0.39, 0.29) is 22.8 Å². The molecule has 0 heterocycles. The average Bonchev–Trinajstić information content (AvgIpc) is 2.60. The third kappa shape index (κ3) is 3.83. The second-order valence-corrected chi connectivity index (χ2v) is 4.84. The minimum atomic E-state index is -0.723. The average molecular weight is 348 g/mol. The highest BCUT2D eigenvalue weighted by Crippen LogP contribution is 2.37. The summed E-state index contributed by atoms with van der Waals surface area (Å²) in [4.78, 5) is 11.9. The number of benzene rings is 2. The van der Waals surface area contributed by atoms with Crippen LogP contribution in [0.1, 0.15) is 15.9 Å². The molecule has 25 heavy (non-hydrogen) atoms. The van der Waals surface area contributed by atoms with Crippen molar-refractivity contribution in [3.8, 4) is 34.5 Å². The second-order valence-electron chi connectivity index (χ2n) is 4.84. The van der Waals surface area contributed by atoms with Gasteiger partial charge in [0.25, 0.3) is 5.91 Å². The maximum absolute atomic E-state index is 11.9. The topological polar surface area (TPSA) is 141 Å². The van der Waals surface area contributed by atoms with Crippen molar-refractivity contribution in [3.05, 3.63) is 35.4 Å². The molecular formula is C16H16N2O7. The van der Waals surface area contributed by atoms with Crippen LogP contribution in [0.4, 0.5) is 0 Å². The van der Waals surface area contributed by atoms with Crippen LogP contribution < -0.4 is 14.9 Å². The molecule has 0 aliphatic carbocycles. The van der Waals surface area contributed by atoms with Gasteiger partial charge in [0.2, 0.25) is 5.75 Å². The lowest BCUT2D eigenvalue weighted by molar-refractivity contribution is 0.0954. The lowest BCUT2D eigenvalue weighted by atomic mass is 10.2. The van der Waals surface area contributed by atoms with E-state index in [1.165, 1.54) is 32.6 Å². The second kappa shape index (κ2) is 7.30. The molecule has 132 valence electrons. The predicted molar refractivity (Wildman–Crippen MR) is 87.7 cm³/mol. The molecule has 0 spiro atoms. The molecule has 9 heteroatoms. The smallest absolute Gasteiger partial charge is 0.271 e. The van der Waals surface area contributed by atoms with Crippen molar-refractivity contribution >= 4 is 12.1 Å². The number of ether oxygens (including phenoxy) is 2. The largest absolute Gasteiger partial charge is 0.504 e. The van der Waals surface area contributed by atoms with Gasteiger partial charge >= 0.3 is 0 Å². The molecular weight excluding hydrogens is 332 g/mol. The van der Waals surface area contributed by atoms with Crippen LogP contribution in [0, 0.1) is 0 Å². The Morgan fingerprint density at radius 3 is 1.96 bits per heavy atom. The van der Waals surface area contributed by atoms with Gasteiger partial charge in [-0.25, -0.2) is 5.43 Å². The van der Waals surface area contributed by atoms with Crippen molar-refractivity contribution in [1.29, 1.82) is 0 Å². The van der Waals surface area contributed by atoms with Gasteiger partial charge in [-0.1, -0.05) is 0 Å². The Hall–Kier alpha value is -3.62. The summed E-state index contributed by atoms with van der Waals surface area (Å²) >= 11 is 0. The third-order valence-electron chi connectivity index (χ3n) is 3.21. The molecule has 0 radical (unpaired) electrons. The Morgan fingerprint density at radius 1 is 0.960 bits per heavy atom. The lowest BCUT2D eigenvalue weighted by Gasteiger charge is -2.09. The highest BCUT2D eigenvalue weighted by Gasteiger charge is 2.13. The first-order chi connectivity index (χ1) is 11.9. The van der Waals surface area contributed by atoms with E-state index in [4.69, 9.17) is 9.47 Å². The first-order valence-corrected chi connectivity index (χ1v) is 6.90. The van der Waals surface area contributed by atoms with Gasteiger partial charge in [-0.2, -0.15) is 5.10 Å². The summed E-state index contributed by atoms with van der Waals surface area (Å²) in [5, 5.41) is 41.6. The van der Waals surface area contributed by atoms with Gasteiger partial charge in [0, 0.05) is 11.1 Å². The number of phenolic OH excluding ortho intramolecular Hbond substituents is 4. The normalized spacial score (nSPS) is 10.6. The number of hydrogen-bond acceptors (Lipinski definition) is 8. The van der Waals surface area contributed by atoms with E-state index in [2.05, 4.69) is 10.5 Å². The van der Waals surface area contributed by atoms with Gasteiger partial charge in [0.05, 0.1) is 20.4 Å². The van der Waals surface area contributed by atoms with Crippen LogP contribution in [-0.4, -0.2) is 46.8 Å². The number of methoxy groups -OCH3 is 2. The van der Waals surface area contributed by atoms with Gasteiger partial charge < -0.3 is 29.9 Å². The van der Waals surface area contributed by atoms with E-state index < -0.39 is 23.2 Å². The number of nitrogens with one attached hydrogen (secondary N) is 1. The predicted octanol–water partition coefficient (Wildman–Crippen LogP) is 1.29. The van der Waals surface area contributed by atoms with Gasteiger partial charge in [-0.05, 0) is 24.3 Å². The minimum absolute atomic E-state index is 0.106. The summed E-state index contributed by atoms with van der Waals surface area (Å²) in [6.07, 6.45) is 1.28.